The van der Waals surface area contributed by atoms with E-state index in [0.717, 1.165) is 0 Å². The molecule has 0 aliphatic heterocycles. The van der Waals surface area contributed by atoms with Crippen molar-refractivity contribution in [3.8, 4) is 0 Å². The van der Waals surface area contributed by atoms with Crippen molar-refractivity contribution in [3.05, 3.63) is 0 Å². The average Bonchev–Trinajstić information content (AvgIpc) is 1.77. The predicted octanol–water partition coefficient (Wildman–Crippen LogP) is -4.02. The maximum atomic E-state index is 9.20. The van der Waals surface area contributed by atoms with Gasteiger partial charge in [0.15, 0.2) is 36.6 Å². The summed E-state index contributed by atoms with van der Waals surface area (Å²) in [5.41, 5.74) is 0. The van der Waals surface area contributed by atoms with E-state index in [0.29, 0.717) is 0 Å². The first-order valence-corrected chi connectivity index (χ1v) is 9.00. The van der Waals surface area contributed by atoms with Gasteiger partial charge in [-0.05, 0) is 0 Å². The fourth-order valence-electron chi connectivity index (χ4n) is 0. The summed E-state index contributed by atoms with van der Waals surface area (Å²) >= 11 is 0. The minimum Gasteiger partial charge on any atom is -0.736 e. The molecular formula is MnO12S4-4. The maximum absolute atomic E-state index is 9.20. The molecule has 107 valence electrons. The molecule has 0 amide bonds. The first-order chi connectivity index (χ1) is 6.50. The van der Waals surface area contributed by atoms with E-state index in [1.165, 1.54) is 0 Å². The van der Waals surface area contributed by atoms with E-state index < -0.39 is 36.6 Å². The second kappa shape index (κ2) is 6.36. The van der Waals surface area contributed by atoms with Crippen molar-refractivity contribution in [2.75, 3.05) is 0 Å². The molecule has 0 spiro atoms. The van der Waals surface area contributed by atoms with Gasteiger partial charge >= 0.3 is 0 Å². The minimum absolute atomic E-state index is 0. The molecule has 0 heterocycles. The Morgan fingerprint density at radius 2 is 0.471 bits per heavy atom. The van der Waals surface area contributed by atoms with Crippen LogP contribution in [0.5, 0.6) is 0 Å². The van der Waals surface area contributed by atoms with Crippen LogP contribution >= 0.6 is 0 Å². The Morgan fingerprint density at radius 1 is 0.412 bits per heavy atom. The zero-order chi connectivity index (χ0) is 14.0. The first-order valence-electron chi connectivity index (χ1n) is 2.33. The van der Waals surface area contributed by atoms with Crippen LogP contribution in [-0.4, -0.2) is 51.9 Å². The molecule has 17 heteroatoms. The van der Waals surface area contributed by atoms with Crippen LogP contribution in [0.15, 0.2) is 0 Å². The molecule has 0 aliphatic rings. The largest absolute Gasteiger partial charge is 0.736 e. The van der Waals surface area contributed by atoms with Gasteiger partial charge < -0.3 is 18.2 Å². The fraction of sp³-hybridized carbons (Fsp3) is 0. The van der Waals surface area contributed by atoms with Crippen LogP contribution < -0.4 is 0 Å². The molecule has 0 aromatic carbocycles. The summed E-state index contributed by atoms with van der Waals surface area (Å²) in [5.74, 6) is 0. The van der Waals surface area contributed by atoms with E-state index >= 15 is 0 Å². The van der Waals surface area contributed by atoms with Crippen LogP contribution in [-0.2, 0) is 53.7 Å². The molecule has 0 aromatic rings. The van der Waals surface area contributed by atoms with Crippen molar-refractivity contribution < 1.29 is 69.0 Å². The van der Waals surface area contributed by atoms with Gasteiger partial charge in [0.1, 0.15) is 0 Å². The van der Waals surface area contributed by atoms with E-state index in [4.69, 9.17) is 0 Å². The summed E-state index contributed by atoms with van der Waals surface area (Å²) in [6.45, 7) is 0. The number of hydrogen-bond donors (Lipinski definition) is 0. The quantitative estimate of drug-likeness (QED) is 0.255. The summed E-state index contributed by atoms with van der Waals surface area (Å²) < 4.78 is 110. The van der Waals surface area contributed by atoms with Gasteiger partial charge in [-0.25, -0.2) is 33.7 Å². The molecule has 1 radical (unpaired) electrons. The Bertz CT molecular complexity index is 503. The Balaban J connectivity index is -0.000000218. The van der Waals surface area contributed by atoms with E-state index in [1.54, 1.807) is 0 Å². The smallest absolute Gasteiger partial charge is 0.191 e. The zero-order valence-corrected chi connectivity index (χ0v) is 11.4. The van der Waals surface area contributed by atoms with Crippen LogP contribution in [0.1, 0.15) is 0 Å². The van der Waals surface area contributed by atoms with Gasteiger partial charge in [-0.15, -0.1) is 0 Å². The standard InChI is InChI=1S/Mn.2H2O6S2/c;2*1-7(2,3)8(4,5)6/h;2*(H,1,2,3)(H,4,5,6)/p-4. The minimum atomic E-state index is -5.67. The van der Waals surface area contributed by atoms with E-state index in [-0.39, 0.29) is 17.1 Å². The van der Waals surface area contributed by atoms with E-state index in [1.807, 2.05) is 0 Å². The van der Waals surface area contributed by atoms with Crippen molar-refractivity contribution in [1.29, 1.82) is 0 Å². The van der Waals surface area contributed by atoms with Crippen LogP contribution in [0.3, 0.4) is 0 Å². The van der Waals surface area contributed by atoms with Gasteiger partial charge in [0, 0.05) is 17.1 Å². The molecule has 0 fully saturated rings. The van der Waals surface area contributed by atoms with Crippen molar-refractivity contribution in [2.24, 2.45) is 0 Å². The summed E-state index contributed by atoms with van der Waals surface area (Å²) in [6, 6.07) is 0. The topological polar surface area (TPSA) is 229 Å². The maximum Gasteiger partial charge on any atom is 0.191 e. The second-order valence-electron chi connectivity index (χ2n) is 1.63. The average molecular weight is 375 g/mol. The SMILES string of the molecule is O=S(=O)([O-])S(=O)(=O)[O-].O=S(=O)([O-])S(=O)(=O)[O-].[Mn]. The third kappa shape index (κ3) is 9.82. The summed E-state index contributed by atoms with van der Waals surface area (Å²) in [6.07, 6.45) is 0. The van der Waals surface area contributed by atoms with Crippen LogP contribution in [0, 0.1) is 0 Å². The Kier molecular flexibility index (Phi) is 8.36. The monoisotopic (exact) mass is 375 g/mol. The molecule has 0 bridgehead atoms. The second-order valence-corrected chi connectivity index (χ2v) is 9.80. The Labute approximate surface area is 105 Å². The van der Waals surface area contributed by atoms with Crippen molar-refractivity contribution in [2.45, 2.75) is 0 Å². The Morgan fingerprint density at radius 3 is 0.471 bits per heavy atom. The van der Waals surface area contributed by atoms with Crippen molar-refractivity contribution in [1.82, 2.24) is 0 Å². The zero-order valence-electron chi connectivity index (χ0n) is 6.91. The van der Waals surface area contributed by atoms with Gasteiger partial charge in [0.25, 0.3) is 0 Å². The summed E-state index contributed by atoms with van der Waals surface area (Å²) in [7, 11) is -22.7. The van der Waals surface area contributed by atoms with Crippen LogP contribution in [0.4, 0.5) is 0 Å². The normalized spacial score (nSPS) is 12.9. The summed E-state index contributed by atoms with van der Waals surface area (Å²) in [5, 5.41) is 0. The Hall–Kier alpha value is 0.159. The molecule has 0 atom stereocenters. The van der Waals surface area contributed by atoms with Gasteiger partial charge in [-0.2, -0.15) is 0 Å². The predicted molar refractivity (Wildman–Crippen MR) is 38.8 cm³/mol. The van der Waals surface area contributed by atoms with Gasteiger partial charge in [0.2, 0.25) is 0 Å². The molecule has 0 saturated carbocycles. The fourth-order valence-corrected chi connectivity index (χ4v) is 0. The molecule has 0 saturated heterocycles. The van der Waals surface area contributed by atoms with Gasteiger partial charge in [-0.1, -0.05) is 0 Å². The van der Waals surface area contributed by atoms with Crippen molar-refractivity contribution >= 4 is 36.6 Å². The molecule has 0 unspecified atom stereocenters. The first kappa shape index (κ1) is 22.3. The number of hydrogen-bond acceptors (Lipinski definition) is 12. The third-order valence-corrected chi connectivity index (χ3v) is 4.50. The molecule has 0 aromatic heterocycles. The van der Waals surface area contributed by atoms with Crippen molar-refractivity contribution in [3.63, 3.8) is 0 Å². The molecule has 0 N–H and O–H groups in total. The molecule has 0 rings (SSSR count). The molecule has 17 heavy (non-hydrogen) atoms. The molecule has 12 nitrogen and oxygen atoms in total. The van der Waals surface area contributed by atoms with E-state index in [2.05, 4.69) is 0 Å². The van der Waals surface area contributed by atoms with E-state index in [9.17, 15) is 51.9 Å². The van der Waals surface area contributed by atoms with Gasteiger partial charge in [-0.3, -0.25) is 0 Å². The van der Waals surface area contributed by atoms with Gasteiger partial charge in [0.05, 0.1) is 0 Å². The van der Waals surface area contributed by atoms with Crippen LogP contribution in [0.25, 0.3) is 0 Å². The molecule has 0 aliphatic carbocycles. The van der Waals surface area contributed by atoms with Crippen LogP contribution in [0.2, 0.25) is 0 Å². The summed E-state index contributed by atoms with van der Waals surface area (Å²) in [4.78, 5) is 0. The number of rotatable bonds is 2. The third-order valence-electron chi connectivity index (χ3n) is 0.500. The molecular weight excluding hydrogens is 375 g/mol.